The molecule has 0 aromatic heterocycles. The molecule has 0 unspecified atom stereocenters. The second-order valence-corrected chi connectivity index (χ2v) is 7.55. The lowest BCUT2D eigenvalue weighted by Gasteiger charge is -2.25. The van der Waals surface area contributed by atoms with Gasteiger partial charge >= 0.3 is 0 Å². The quantitative estimate of drug-likeness (QED) is 0.847. The molecule has 2 aromatic rings. The molecule has 1 fully saturated rings. The molecule has 1 aliphatic heterocycles. The third-order valence-electron chi connectivity index (χ3n) is 3.89. The predicted molar refractivity (Wildman–Crippen MR) is 83.7 cm³/mol. The second-order valence-electron chi connectivity index (χ2n) is 5.25. The van der Waals surface area contributed by atoms with Crippen LogP contribution in [0.3, 0.4) is 0 Å². The minimum atomic E-state index is -3.66. The van der Waals surface area contributed by atoms with Crippen molar-refractivity contribution in [3.8, 4) is 0 Å². The fraction of sp³-hybridized carbons (Fsp3) is 0.250. The summed E-state index contributed by atoms with van der Waals surface area (Å²) in [4.78, 5) is 0.104. The first-order valence-corrected chi connectivity index (χ1v) is 8.84. The maximum atomic E-state index is 13.0. The summed E-state index contributed by atoms with van der Waals surface area (Å²) in [7, 11) is -3.66. The summed E-state index contributed by atoms with van der Waals surface area (Å²) in [5, 5.41) is 0.564. The lowest BCUT2D eigenvalue weighted by atomic mass is 10.1. The monoisotopic (exact) mass is 339 g/mol. The van der Waals surface area contributed by atoms with Crippen LogP contribution in [0.5, 0.6) is 0 Å². The summed E-state index contributed by atoms with van der Waals surface area (Å²) in [6.45, 7) is 0.440. The summed E-state index contributed by atoms with van der Waals surface area (Å²) in [6.07, 6.45) is 1.50. The van der Waals surface area contributed by atoms with E-state index in [1.807, 2.05) is 18.2 Å². The maximum Gasteiger partial charge on any atom is 0.243 e. The average Bonchev–Trinajstić information content (AvgIpc) is 2.98. The molecule has 0 N–H and O–H groups in total. The van der Waals surface area contributed by atoms with Crippen molar-refractivity contribution in [2.24, 2.45) is 0 Å². The van der Waals surface area contributed by atoms with Gasteiger partial charge in [-0.1, -0.05) is 29.8 Å². The van der Waals surface area contributed by atoms with Crippen molar-refractivity contribution in [2.75, 3.05) is 6.54 Å². The third-order valence-corrected chi connectivity index (χ3v) is 6.15. The van der Waals surface area contributed by atoms with Gasteiger partial charge in [0.15, 0.2) is 0 Å². The van der Waals surface area contributed by atoms with Crippen LogP contribution in [0.1, 0.15) is 24.4 Å². The standard InChI is InChI=1S/C16H15ClFNO2S/c17-15-5-2-1-4-14(15)16-6-3-11-19(16)22(20,21)13-9-7-12(18)8-10-13/h1-2,4-5,7-10,16H,3,6,11H2/t16-/m0/s1. The summed E-state index contributed by atoms with van der Waals surface area (Å²) in [5.41, 5.74) is 0.812. The van der Waals surface area contributed by atoms with E-state index in [0.717, 1.165) is 30.5 Å². The molecule has 1 aliphatic rings. The first kappa shape index (κ1) is 15.5. The van der Waals surface area contributed by atoms with E-state index in [1.54, 1.807) is 6.07 Å². The topological polar surface area (TPSA) is 37.4 Å². The predicted octanol–water partition coefficient (Wildman–Crippen LogP) is 4.00. The van der Waals surface area contributed by atoms with Gasteiger partial charge in [-0.25, -0.2) is 12.8 Å². The Kier molecular flexibility index (Phi) is 4.21. The van der Waals surface area contributed by atoms with E-state index in [-0.39, 0.29) is 10.9 Å². The molecule has 0 radical (unpaired) electrons. The van der Waals surface area contributed by atoms with Crippen LogP contribution in [-0.2, 0) is 10.0 Å². The number of halogens is 2. The molecular formula is C16H15ClFNO2S. The van der Waals surface area contributed by atoms with Gasteiger partial charge in [0.25, 0.3) is 0 Å². The van der Waals surface area contributed by atoms with Gasteiger partial charge in [-0.15, -0.1) is 0 Å². The highest BCUT2D eigenvalue weighted by atomic mass is 35.5. The second kappa shape index (κ2) is 5.99. The highest BCUT2D eigenvalue weighted by Crippen LogP contribution is 2.39. The van der Waals surface area contributed by atoms with Gasteiger partial charge in [-0.05, 0) is 48.7 Å². The minimum Gasteiger partial charge on any atom is -0.207 e. The highest BCUT2D eigenvalue weighted by molar-refractivity contribution is 7.89. The molecule has 3 rings (SSSR count). The van der Waals surface area contributed by atoms with E-state index in [4.69, 9.17) is 11.6 Å². The van der Waals surface area contributed by atoms with Crippen LogP contribution in [0.25, 0.3) is 0 Å². The molecule has 0 spiro atoms. The summed E-state index contributed by atoms with van der Waals surface area (Å²) >= 11 is 6.22. The van der Waals surface area contributed by atoms with Crippen LogP contribution in [0, 0.1) is 5.82 Å². The van der Waals surface area contributed by atoms with E-state index < -0.39 is 15.8 Å². The minimum absolute atomic E-state index is 0.104. The number of hydrogen-bond acceptors (Lipinski definition) is 2. The van der Waals surface area contributed by atoms with Crippen molar-refractivity contribution in [2.45, 2.75) is 23.8 Å². The zero-order chi connectivity index (χ0) is 15.7. The summed E-state index contributed by atoms with van der Waals surface area (Å²) < 4.78 is 40.1. The Bertz CT molecular complexity index is 777. The molecule has 0 bridgehead atoms. The highest BCUT2D eigenvalue weighted by Gasteiger charge is 2.36. The van der Waals surface area contributed by atoms with Crippen molar-refractivity contribution in [1.82, 2.24) is 4.31 Å². The molecule has 1 heterocycles. The van der Waals surface area contributed by atoms with Crippen molar-refractivity contribution in [3.63, 3.8) is 0 Å². The van der Waals surface area contributed by atoms with Crippen LogP contribution in [-0.4, -0.2) is 19.3 Å². The van der Waals surface area contributed by atoms with Crippen LogP contribution in [0.15, 0.2) is 53.4 Å². The fourth-order valence-corrected chi connectivity index (χ4v) is 4.76. The van der Waals surface area contributed by atoms with Gasteiger partial charge < -0.3 is 0 Å². The lowest BCUT2D eigenvalue weighted by molar-refractivity contribution is 0.397. The molecule has 0 aliphatic carbocycles. The Balaban J connectivity index is 1.99. The van der Waals surface area contributed by atoms with Crippen molar-refractivity contribution >= 4 is 21.6 Å². The normalized spacial score (nSPS) is 19.5. The van der Waals surface area contributed by atoms with Crippen LogP contribution in [0.2, 0.25) is 5.02 Å². The Morgan fingerprint density at radius 2 is 1.77 bits per heavy atom. The smallest absolute Gasteiger partial charge is 0.207 e. The van der Waals surface area contributed by atoms with Crippen molar-refractivity contribution < 1.29 is 12.8 Å². The SMILES string of the molecule is O=S(=O)(c1ccc(F)cc1)N1CCC[C@H]1c1ccccc1Cl. The van der Waals surface area contributed by atoms with Crippen LogP contribution < -0.4 is 0 Å². The van der Waals surface area contributed by atoms with Crippen LogP contribution >= 0.6 is 11.6 Å². The van der Waals surface area contributed by atoms with Gasteiger partial charge in [0.1, 0.15) is 5.82 Å². The largest absolute Gasteiger partial charge is 0.243 e. The molecule has 1 atom stereocenters. The Morgan fingerprint density at radius 3 is 2.45 bits per heavy atom. The maximum absolute atomic E-state index is 13.0. The third kappa shape index (κ3) is 2.76. The van der Waals surface area contributed by atoms with E-state index in [0.29, 0.717) is 11.6 Å². The van der Waals surface area contributed by atoms with Gasteiger partial charge in [-0.2, -0.15) is 4.31 Å². The van der Waals surface area contributed by atoms with E-state index in [2.05, 4.69) is 0 Å². The number of sulfonamides is 1. The first-order chi connectivity index (χ1) is 10.5. The fourth-order valence-electron chi connectivity index (χ4n) is 2.83. The molecule has 3 nitrogen and oxygen atoms in total. The van der Waals surface area contributed by atoms with Gasteiger partial charge in [-0.3, -0.25) is 0 Å². The van der Waals surface area contributed by atoms with Crippen molar-refractivity contribution in [1.29, 1.82) is 0 Å². The number of nitrogens with zero attached hydrogens (tertiary/aromatic N) is 1. The Hall–Kier alpha value is -1.43. The van der Waals surface area contributed by atoms with Gasteiger partial charge in [0, 0.05) is 11.6 Å². The summed E-state index contributed by atoms with van der Waals surface area (Å²) in [5.74, 6) is -0.456. The van der Waals surface area contributed by atoms with Gasteiger partial charge in [0.2, 0.25) is 10.0 Å². The van der Waals surface area contributed by atoms with Crippen LogP contribution in [0.4, 0.5) is 4.39 Å². The molecule has 116 valence electrons. The summed E-state index contributed by atoms with van der Waals surface area (Å²) in [6, 6.07) is 11.9. The zero-order valence-electron chi connectivity index (χ0n) is 11.7. The molecule has 6 heteroatoms. The van der Waals surface area contributed by atoms with E-state index >= 15 is 0 Å². The van der Waals surface area contributed by atoms with Crippen molar-refractivity contribution in [3.05, 3.63) is 64.9 Å². The molecule has 0 saturated carbocycles. The zero-order valence-corrected chi connectivity index (χ0v) is 13.3. The molecule has 2 aromatic carbocycles. The number of rotatable bonds is 3. The molecular weight excluding hydrogens is 325 g/mol. The molecule has 0 amide bonds. The molecule has 1 saturated heterocycles. The molecule has 22 heavy (non-hydrogen) atoms. The number of benzene rings is 2. The lowest BCUT2D eigenvalue weighted by Crippen LogP contribution is -2.30. The first-order valence-electron chi connectivity index (χ1n) is 7.02. The Labute approximate surface area is 134 Å². The van der Waals surface area contributed by atoms with Gasteiger partial charge in [0.05, 0.1) is 10.9 Å². The average molecular weight is 340 g/mol. The van der Waals surface area contributed by atoms with E-state index in [1.165, 1.54) is 16.4 Å². The van der Waals surface area contributed by atoms with E-state index in [9.17, 15) is 12.8 Å². The Morgan fingerprint density at radius 1 is 1.09 bits per heavy atom. The number of hydrogen-bond donors (Lipinski definition) is 0.